The lowest BCUT2D eigenvalue weighted by Gasteiger charge is -2.35. The van der Waals surface area contributed by atoms with Gasteiger partial charge >= 0.3 is 0 Å². The van der Waals surface area contributed by atoms with Crippen molar-refractivity contribution in [2.24, 2.45) is 0 Å². The molecule has 37 heavy (non-hydrogen) atoms. The van der Waals surface area contributed by atoms with E-state index in [0.717, 1.165) is 44.8 Å². The van der Waals surface area contributed by atoms with Crippen LogP contribution < -0.4 is 4.90 Å². The molecule has 0 aliphatic carbocycles. The highest BCUT2D eigenvalue weighted by Crippen LogP contribution is 2.37. The minimum atomic E-state index is 0.0753. The highest BCUT2D eigenvalue weighted by molar-refractivity contribution is 6.30. The molecule has 6 rings (SSSR count). The molecule has 184 valence electrons. The van der Waals surface area contributed by atoms with Crippen molar-refractivity contribution in [1.82, 2.24) is 19.4 Å². The Hall–Kier alpha value is -4.16. The molecule has 1 aliphatic heterocycles. The number of halogens is 1. The normalized spacial score (nSPS) is 13.8. The Morgan fingerprint density at radius 2 is 1.54 bits per heavy atom. The van der Waals surface area contributed by atoms with Crippen LogP contribution in [-0.4, -0.2) is 51.5 Å². The van der Waals surface area contributed by atoms with Crippen molar-refractivity contribution in [3.05, 3.63) is 108 Å². The number of anilines is 1. The number of rotatable bonds is 4. The van der Waals surface area contributed by atoms with Gasteiger partial charge in [0.1, 0.15) is 12.1 Å². The predicted molar refractivity (Wildman–Crippen MR) is 149 cm³/mol. The second-order valence-corrected chi connectivity index (χ2v) is 9.73. The van der Waals surface area contributed by atoms with Crippen molar-refractivity contribution in [3.63, 3.8) is 0 Å². The molecule has 0 N–H and O–H groups in total. The maximum Gasteiger partial charge on any atom is 0.253 e. The summed E-state index contributed by atoms with van der Waals surface area (Å²) in [4.78, 5) is 26.7. The number of aryl methyl sites for hydroxylation is 1. The Morgan fingerprint density at radius 3 is 2.24 bits per heavy atom. The third-order valence-corrected chi connectivity index (χ3v) is 7.17. The molecule has 0 bridgehead atoms. The van der Waals surface area contributed by atoms with Crippen molar-refractivity contribution in [3.8, 4) is 16.8 Å². The lowest BCUT2D eigenvalue weighted by molar-refractivity contribution is 0.0746. The zero-order valence-electron chi connectivity index (χ0n) is 20.5. The fraction of sp³-hybridized carbons (Fsp3) is 0.167. The zero-order valence-corrected chi connectivity index (χ0v) is 21.3. The van der Waals surface area contributed by atoms with Crippen LogP contribution >= 0.6 is 11.6 Å². The number of hydrogen-bond acceptors (Lipinski definition) is 4. The number of hydrogen-bond donors (Lipinski definition) is 0. The van der Waals surface area contributed by atoms with E-state index >= 15 is 0 Å². The molecule has 3 aromatic carbocycles. The molecular weight excluding hydrogens is 482 g/mol. The first kappa shape index (κ1) is 23.3. The summed E-state index contributed by atoms with van der Waals surface area (Å²) < 4.78 is 2.09. The molecule has 1 saturated heterocycles. The van der Waals surface area contributed by atoms with Crippen LogP contribution in [0.4, 0.5) is 5.82 Å². The monoisotopic (exact) mass is 507 g/mol. The third-order valence-electron chi connectivity index (χ3n) is 6.92. The fourth-order valence-corrected chi connectivity index (χ4v) is 5.05. The standard InChI is InChI=1S/C30H26ClN5O/c1-21-7-9-23(10-8-21)30(37)35-17-15-34(16-18-35)28-27-26(22-5-3-2-4-6-22)19-36(29(27)33-20-32-28)25-13-11-24(31)12-14-25/h2-14,19-20H,15-18H2,1H3. The first-order chi connectivity index (χ1) is 18.1. The van der Waals surface area contributed by atoms with Gasteiger partial charge in [0.15, 0.2) is 5.65 Å². The summed E-state index contributed by atoms with van der Waals surface area (Å²) in [5.74, 6) is 0.963. The van der Waals surface area contributed by atoms with E-state index in [-0.39, 0.29) is 5.91 Å². The first-order valence-corrected chi connectivity index (χ1v) is 12.7. The predicted octanol–water partition coefficient (Wildman–Crippen LogP) is 6.01. The Balaban J connectivity index is 1.36. The van der Waals surface area contributed by atoms with Crippen LogP contribution in [0.25, 0.3) is 27.8 Å². The van der Waals surface area contributed by atoms with Crippen LogP contribution in [0.15, 0.2) is 91.4 Å². The van der Waals surface area contributed by atoms with Crippen molar-refractivity contribution in [2.45, 2.75) is 6.92 Å². The lowest BCUT2D eigenvalue weighted by atomic mass is 10.1. The van der Waals surface area contributed by atoms with Crippen LogP contribution in [0, 0.1) is 6.92 Å². The molecule has 1 fully saturated rings. The van der Waals surface area contributed by atoms with Crippen molar-refractivity contribution >= 4 is 34.4 Å². The van der Waals surface area contributed by atoms with Gasteiger partial charge in [0, 0.05) is 54.2 Å². The Labute approximate surface area is 220 Å². The van der Waals surface area contributed by atoms with Crippen molar-refractivity contribution in [1.29, 1.82) is 0 Å². The fourth-order valence-electron chi connectivity index (χ4n) is 4.92. The van der Waals surface area contributed by atoms with Crippen molar-refractivity contribution in [2.75, 3.05) is 31.1 Å². The summed E-state index contributed by atoms with van der Waals surface area (Å²) in [6.07, 6.45) is 3.75. The molecule has 6 nitrogen and oxygen atoms in total. The van der Waals surface area contributed by atoms with Gasteiger partial charge in [-0.1, -0.05) is 59.6 Å². The van der Waals surface area contributed by atoms with E-state index < -0.39 is 0 Å². The Kier molecular flexibility index (Phi) is 6.10. The quantitative estimate of drug-likeness (QED) is 0.299. The van der Waals surface area contributed by atoms with Crippen LogP contribution in [0.3, 0.4) is 0 Å². The minimum Gasteiger partial charge on any atom is -0.352 e. The molecule has 7 heteroatoms. The number of benzene rings is 3. The number of fused-ring (bicyclic) bond motifs is 1. The molecule has 0 unspecified atom stereocenters. The summed E-state index contributed by atoms with van der Waals surface area (Å²) in [5.41, 5.74) is 5.87. The van der Waals surface area contributed by atoms with Gasteiger partial charge < -0.3 is 14.4 Å². The molecule has 0 saturated carbocycles. The van der Waals surface area contributed by atoms with Gasteiger partial charge in [0.25, 0.3) is 5.91 Å². The van der Waals surface area contributed by atoms with E-state index in [2.05, 4.69) is 27.8 Å². The van der Waals surface area contributed by atoms with Crippen molar-refractivity contribution < 1.29 is 4.79 Å². The third kappa shape index (κ3) is 4.45. The topological polar surface area (TPSA) is 54.3 Å². The molecule has 5 aromatic rings. The van der Waals surface area contributed by atoms with Gasteiger partial charge in [-0.15, -0.1) is 0 Å². The minimum absolute atomic E-state index is 0.0753. The highest BCUT2D eigenvalue weighted by Gasteiger charge is 2.26. The molecule has 1 amide bonds. The smallest absolute Gasteiger partial charge is 0.253 e. The second kappa shape index (κ2) is 9.71. The maximum atomic E-state index is 13.1. The average Bonchev–Trinajstić information content (AvgIpc) is 3.34. The van der Waals surface area contributed by atoms with E-state index in [1.807, 2.05) is 78.6 Å². The summed E-state index contributed by atoms with van der Waals surface area (Å²) >= 11 is 6.16. The highest BCUT2D eigenvalue weighted by atomic mass is 35.5. The van der Waals surface area contributed by atoms with Crippen LogP contribution in [-0.2, 0) is 0 Å². The molecule has 1 aliphatic rings. The SMILES string of the molecule is Cc1ccc(C(=O)N2CCN(c3ncnc4c3c(-c3ccccc3)cn4-c3ccc(Cl)cc3)CC2)cc1. The molecule has 0 spiro atoms. The number of carbonyl (C=O) groups is 1. The van der Waals surface area contributed by atoms with Gasteiger partial charge in [-0.2, -0.15) is 0 Å². The first-order valence-electron chi connectivity index (χ1n) is 12.4. The number of nitrogens with zero attached hydrogens (tertiary/aromatic N) is 5. The van der Waals surface area contributed by atoms with Crippen LogP contribution in [0.2, 0.25) is 5.02 Å². The van der Waals surface area contributed by atoms with Gasteiger partial charge in [0.2, 0.25) is 0 Å². The van der Waals surface area contributed by atoms with E-state index in [4.69, 9.17) is 21.6 Å². The maximum absolute atomic E-state index is 13.1. The number of carbonyl (C=O) groups excluding carboxylic acids is 1. The Morgan fingerprint density at radius 1 is 0.838 bits per heavy atom. The molecule has 0 radical (unpaired) electrons. The van der Waals surface area contributed by atoms with Gasteiger partial charge in [-0.25, -0.2) is 9.97 Å². The average molecular weight is 508 g/mol. The van der Waals surface area contributed by atoms with Crippen LogP contribution in [0.1, 0.15) is 15.9 Å². The lowest BCUT2D eigenvalue weighted by Crippen LogP contribution is -2.49. The second-order valence-electron chi connectivity index (χ2n) is 9.30. The van der Waals surface area contributed by atoms with E-state index in [1.165, 1.54) is 0 Å². The summed E-state index contributed by atoms with van der Waals surface area (Å²) in [6, 6.07) is 25.9. The van der Waals surface area contributed by atoms with Gasteiger partial charge in [-0.05, 0) is 48.9 Å². The van der Waals surface area contributed by atoms with Gasteiger partial charge in [0.05, 0.1) is 5.39 Å². The van der Waals surface area contributed by atoms with Gasteiger partial charge in [-0.3, -0.25) is 4.79 Å². The van der Waals surface area contributed by atoms with E-state index in [1.54, 1.807) is 6.33 Å². The number of piperazine rings is 1. The number of aromatic nitrogens is 3. The Bertz CT molecular complexity index is 1550. The van der Waals surface area contributed by atoms with Crippen LogP contribution in [0.5, 0.6) is 0 Å². The summed E-state index contributed by atoms with van der Waals surface area (Å²) in [7, 11) is 0. The zero-order chi connectivity index (χ0) is 25.4. The molecule has 0 atom stereocenters. The molecule has 3 heterocycles. The molecule has 2 aromatic heterocycles. The summed E-state index contributed by atoms with van der Waals surface area (Å²) in [5, 5.41) is 1.69. The largest absolute Gasteiger partial charge is 0.352 e. The molecular formula is C30H26ClN5O. The van der Waals surface area contributed by atoms with E-state index in [0.29, 0.717) is 31.2 Å². The summed E-state index contributed by atoms with van der Waals surface area (Å²) in [6.45, 7) is 4.70. The van der Waals surface area contributed by atoms with E-state index in [9.17, 15) is 4.79 Å². The number of amides is 1.